The Morgan fingerprint density at radius 1 is 1.48 bits per heavy atom. The monoisotopic (exact) mass is 464 g/mol. The molecule has 0 bridgehead atoms. The number of halogens is 1. The number of amides is 1. The molecule has 1 aromatic heterocycles. The Labute approximate surface area is 164 Å². The van der Waals surface area contributed by atoms with Gasteiger partial charge in [-0.3, -0.25) is 19.3 Å². The Morgan fingerprint density at radius 2 is 2.20 bits per heavy atom. The second-order valence-corrected chi connectivity index (χ2v) is 5.69. The van der Waals surface area contributed by atoms with Crippen LogP contribution in [0.4, 0.5) is 5.69 Å². The van der Waals surface area contributed by atoms with Crippen molar-refractivity contribution in [3.63, 3.8) is 0 Å². The Morgan fingerprint density at radius 3 is 2.72 bits per heavy atom. The highest BCUT2D eigenvalue weighted by Crippen LogP contribution is 2.16. The van der Waals surface area contributed by atoms with E-state index in [-0.39, 0.29) is 48.3 Å². The predicted octanol–water partition coefficient (Wildman–Crippen LogP) is 0.0712. The van der Waals surface area contributed by atoms with Crippen molar-refractivity contribution in [2.24, 2.45) is 18.0 Å². The third kappa shape index (κ3) is 5.31. The lowest BCUT2D eigenvalue weighted by Gasteiger charge is -2.35. The van der Waals surface area contributed by atoms with Crippen LogP contribution < -0.4 is 10.2 Å². The van der Waals surface area contributed by atoms with Crippen molar-refractivity contribution in [3.8, 4) is 0 Å². The fourth-order valence-electron chi connectivity index (χ4n) is 2.54. The van der Waals surface area contributed by atoms with Crippen LogP contribution in [0.2, 0.25) is 0 Å². The van der Waals surface area contributed by atoms with Crippen LogP contribution in [0.5, 0.6) is 0 Å². The number of ether oxygens (including phenoxy) is 1. The lowest BCUT2D eigenvalue weighted by atomic mass is 10.2. The first-order chi connectivity index (χ1) is 11.5. The van der Waals surface area contributed by atoms with E-state index < -0.39 is 0 Å². The van der Waals surface area contributed by atoms with Gasteiger partial charge in [0.05, 0.1) is 24.9 Å². The molecule has 1 atom stereocenters. The number of hydrogen-bond donors (Lipinski definition) is 1. The Kier molecular flexibility index (Phi) is 8.13. The van der Waals surface area contributed by atoms with Crippen molar-refractivity contribution in [1.29, 1.82) is 0 Å². The fraction of sp³-hybridized carbons (Fsp3) is 0.600. The largest absolute Gasteiger partial charge is 0.469 e. The quantitative estimate of drug-likeness (QED) is 0.294. The van der Waals surface area contributed by atoms with Crippen molar-refractivity contribution in [3.05, 3.63) is 12.4 Å². The number of carbonyl (C=O) groups excluding carboxylic acids is 2. The Hall–Kier alpha value is -1.85. The summed E-state index contributed by atoms with van der Waals surface area (Å²) in [6.45, 7) is 3.60. The molecule has 0 radical (unpaired) electrons. The lowest BCUT2D eigenvalue weighted by Crippen LogP contribution is -2.55. The molecule has 1 aliphatic heterocycles. The first kappa shape index (κ1) is 21.2. The summed E-state index contributed by atoms with van der Waals surface area (Å²) in [5.41, 5.74) is 0.796. The number of esters is 1. The molecule has 10 heteroatoms. The number of nitrogens with zero attached hydrogens (tertiary/aromatic N) is 5. The maximum Gasteiger partial charge on any atom is 0.310 e. The van der Waals surface area contributed by atoms with Gasteiger partial charge in [0.25, 0.3) is 0 Å². The van der Waals surface area contributed by atoms with Crippen molar-refractivity contribution in [2.75, 3.05) is 45.2 Å². The lowest BCUT2D eigenvalue weighted by molar-refractivity contribution is -0.144. The maximum absolute atomic E-state index is 12.4. The number of anilines is 1. The van der Waals surface area contributed by atoms with E-state index in [1.165, 1.54) is 7.11 Å². The zero-order chi connectivity index (χ0) is 17.7. The number of methoxy groups -OCH3 is 1. The maximum atomic E-state index is 12.4. The van der Waals surface area contributed by atoms with Crippen LogP contribution in [0.15, 0.2) is 17.4 Å². The highest BCUT2D eigenvalue weighted by molar-refractivity contribution is 14.0. The van der Waals surface area contributed by atoms with E-state index >= 15 is 0 Å². The molecule has 9 nitrogen and oxygen atoms in total. The summed E-state index contributed by atoms with van der Waals surface area (Å²) in [7, 11) is 4.84. The van der Waals surface area contributed by atoms with Crippen molar-refractivity contribution in [2.45, 2.75) is 6.92 Å². The normalized spacial score (nSPS) is 16.3. The molecule has 1 aromatic rings. The van der Waals surface area contributed by atoms with Gasteiger partial charge in [-0.1, -0.05) is 6.92 Å². The number of aromatic nitrogens is 2. The number of carbonyl (C=O) groups is 2. The molecule has 25 heavy (non-hydrogen) atoms. The topological polar surface area (TPSA) is 92.1 Å². The van der Waals surface area contributed by atoms with E-state index in [9.17, 15) is 9.59 Å². The third-order valence-electron chi connectivity index (χ3n) is 3.90. The summed E-state index contributed by atoms with van der Waals surface area (Å²) in [5.74, 6) is 0.0118. The molecule has 0 aromatic carbocycles. The van der Waals surface area contributed by atoms with E-state index in [4.69, 9.17) is 4.74 Å². The number of hydrogen-bond acceptors (Lipinski definition) is 5. The summed E-state index contributed by atoms with van der Waals surface area (Å²) in [6, 6.07) is 0. The van der Waals surface area contributed by atoms with Crippen LogP contribution in [0, 0.1) is 5.92 Å². The molecule has 1 N–H and O–H groups in total. The number of rotatable bonds is 4. The predicted molar refractivity (Wildman–Crippen MR) is 105 cm³/mol. The van der Waals surface area contributed by atoms with Crippen LogP contribution in [-0.4, -0.2) is 72.9 Å². The van der Waals surface area contributed by atoms with Gasteiger partial charge in [-0.15, -0.1) is 24.0 Å². The van der Waals surface area contributed by atoms with Gasteiger partial charge in [0, 0.05) is 39.9 Å². The standard InChI is InChI=1S/C15H24N6O3.HI/c1-11(14(23)24-4)7-17-15(16-2)20-5-6-21(13(22)10-20)12-8-18-19(3)9-12;/h8-9,11H,5-7,10H2,1-4H3,(H,16,17);1H. The van der Waals surface area contributed by atoms with Crippen LogP contribution in [0.3, 0.4) is 0 Å². The van der Waals surface area contributed by atoms with Gasteiger partial charge in [0.2, 0.25) is 5.91 Å². The molecule has 0 spiro atoms. The molecule has 0 aliphatic carbocycles. The molecule has 1 aliphatic rings. The van der Waals surface area contributed by atoms with Gasteiger partial charge in [0.15, 0.2) is 5.96 Å². The number of aliphatic imine (C=N–C) groups is 1. The van der Waals surface area contributed by atoms with E-state index in [0.29, 0.717) is 25.6 Å². The Bertz CT molecular complexity index is 633. The zero-order valence-corrected chi connectivity index (χ0v) is 17.3. The molecular formula is C15H25IN6O3. The van der Waals surface area contributed by atoms with Crippen LogP contribution in [0.1, 0.15) is 6.92 Å². The van der Waals surface area contributed by atoms with E-state index in [0.717, 1.165) is 5.69 Å². The van der Waals surface area contributed by atoms with E-state index in [1.807, 2.05) is 18.1 Å². The average Bonchev–Trinajstić information content (AvgIpc) is 3.00. The minimum atomic E-state index is -0.292. The smallest absolute Gasteiger partial charge is 0.310 e. The van der Waals surface area contributed by atoms with Gasteiger partial charge < -0.3 is 19.9 Å². The zero-order valence-electron chi connectivity index (χ0n) is 14.9. The highest BCUT2D eigenvalue weighted by Gasteiger charge is 2.28. The minimum absolute atomic E-state index is 0. The summed E-state index contributed by atoms with van der Waals surface area (Å²) >= 11 is 0. The summed E-state index contributed by atoms with van der Waals surface area (Å²) in [4.78, 5) is 31.7. The number of guanidine groups is 1. The second kappa shape index (κ2) is 9.59. The van der Waals surface area contributed by atoms with Crippen LogP contribution in [-0.2, 0) is 21.4 Å². The number of piperazine rings is 1. The van der Waals surface area contributed by atoms with Crippen LogP contribution in [0.25, 0.3) is 0 Å². The van der Waals surface area contributed by atoms with Crippen molar-refractivity contribution < 1.29 is 14.3 Å². The number of aryl methyl sites for hydroxylation is 1. The molecule has 2 heterocycles. The van der Waals surface area contributed by atoms with Crippen molar-refractivity contribution >= 4 is 47.5 Å². The molecule has 1 fully saturated rings. The van der Waals surface area contributed by atoms with Gasteiger partial charge in [0.1, 0.15) is 6.54 Å². The highest BCUT2D eigenvalue weighted by atomic mass is 127. The molecule has 1 amide bonds. The van der Waals surface area contributed by atoms with Crippen molar-refractivity contribution in [1.82, 2.24) is 20.0 Å². The molecular weight excluding hydrogens is 439 g/mol. The van der Waals surface area contributed by atoms with Gasteiger partial charge >= 0.3 is 5.97 Å². The van der Waals surface area contributed by atoms with Gasteiger partial charge in [-0.05, 0) is 0 Å². The molecule has 1 saturated heterocycles. The van der Waals surface area contributed by atoms with Gasteiger partial charge in [-0.25, -0.2) is 0 Å². The minimum Gasteiger partial charge on any atom is -0.469 e. The fourth-order valence-corrected chi connectivity index (χ4v) is 2.54. The molecule has 1 unspecified atom stereocenters. The number of nitrogens with one attached hydrogen (secondary N) is 1. The molecule has 2 rings (SSSR count). The second-order valence-electron chi connectivity index (χ2n) is 5.69. The average molecular weight is 464 g/mol. The molecule has 140 valence electrons. The third-order valence-corrected chi connectivity index (χ3v) is 3.90. The summed E-state index contributed by atoms with van der Waals surface area (Å²) < 4.78 is 6.37. The first-order valence-electron chi connectivity index (χ1n) is 7.78. The Balaban J connectivity index is 0.00000312. The first-order valence-corrected chi connectivity index (χ1v) is 7.78. The van der Waals surface area contributed by atoms with E-state index in [2.05, 4.69) is 15.4 Å². The molecule has 0 saturated carbocycles. The van der Waals surface area contributed by atoms with Gasteiger partial charge in [-0.2, -0.15) is 5.10 Å². The SMILES string of the molecule is CN=C(NCC(C)C(=O)OC)N1CCN(c2cnn(C)c2)C(=O)C1.I. The van der Waals surface area contributed by atoms with Crippen LogP contribution >= 0.6 is 24.0 Å². The summed E-state index contributed by atoms with van der Waals surface area (Å²) in [6.07, 6.45) is 3.50. The summed E-state index contributed by atoms with van der Waals surface area (Å²) in [5, 5.41) is 7.22. The van der Waals surface area contributed by atoms with E-state index in [1.54, 1.807) is 29.7 Å².